The van der Waals surface area contributed by atoms with Crippen LogP contribution in [0.15, 0.2) is 109 Å². The molecule has 0 aliphatic rings. The summed E-state index contributed by atoms with van der Waals surface area (Å²) in [6.45, 7) is 0.404. The Morgan fingerprint density at radius 3 is 1.88 bits per heavy atom. The van der Waals surface area contributed by atoms with Gasteiger partial charge >= 0.3 is 0 Å². The van der Waals surface area contributed by atoms with Crippen molar-refractivity contribution in [3.8, 4) is 5.75 Å². The minimum atomic E-state index is -3.09. The van der Waals surface area contributed by atoms with Gasteiger partial charge in [0.25, 0.3) is 5.91 Å². The molecule has 0 N–H and O–H groups in total. The van der Waals surface area contributed by atoms with Crippen LogP contribution >= 0.6 is 18.7 Å². The molecule has 172 valence electrons. The molecular formula is C28H25ClNO3P. The summed E-state index contributed by atoms with van der Waals surface area (Å²) in [5.74, 6) is 0.277. The Morgan fingerprint density at radius 1 is 0.824 bits per heavy atom. The largest absolute Gasteiger partial charge is 0.489 e. The van der Waals surface area contributed by atoms with E-state index in [1.54, 1.807) is 25.2 Å². The number of nitrogens with zero attached hydrogens (tertiary/aromatic N) is 1. The molecule has 0 atom stereocenters. The Hall–Kier alpha value is -3.33. The number of amides is 1. The van der Waals surface area contributed by atoms with Gasteiger partial charge in [-0.2, -0.15) is 0 Å². The number of ether oxygens (including phenoxy) is 1. The summed E-state index contributed by atoms with van der Waals surface area (Å²) in [7, 11) is -1.44. The van der Waals surface area contributed by atoms with Gasteiger partial charge in [-0.3, -0.25) is 4.79 Å². The standard InChI is InChI=1S/C28H25ClNO3P/c1-30(21-34(32,24-13-7-3-8-14-24)25-15-9-4-10-16-25)28(31)26-18-17-23(19-27(26)29)33-20-22-11-5-2-6-12-22/h2-19H,20-21H2,1H3. The maximum atomic E-state index is 14.3. The van der Waals surface area contributed by atoms with Crippen molar-refractivity contribution in [1.82, 2.24) is 4.90 Å². The van der Waals surface area contributed by atoms with Crippen LogP contribution in [0.4, 0.5) is 0 Å². The summed E-state index contributed by atoms with van der Waals surface area (Å²) >= 11 is 6.46. The van der Waals surface area contributed by atoms with Gasteiger partial charge in [-0.05, 0) is 23.8 Å². The maximum absolute atomic E-state index is 14.3. The molecule has 0 saturated carbocycles. The molecule has 4 rings (SSSR count). The van der Waals surface area contributed by atoms with Gasteiger partial charge in [-0.25, -0.2) is 0 Å². The molecule has 0 radical (unpaired) electrons. The van der Waals surface area contributed by atoms with Gasteiger partial charge in [0, 0.05) is 17.7 Å². The fourth-order valence-electron chi connectivity index (χ4n) is 3.72. The highest BCUT2D eigenvalue weighted by atomic mass is 35.5. The number of hydrogen-bond acceptors (Lipinski definition) is 3. The van der Waals surface area contributed by atoms with Gasteiger partial charge in [-0.15, -0.1) is 0 Å². The topological polar surface area (TPSA) is 46.6 Å². The van der Waals surface area contributed by atoms with Gasteiger partial charge in [0.2, 0.25) is 0 Å². The Bertz CT molecular complexity index is 1250. The Kier molecular flexibility index (Phi) is 7.52. The van der Waals surface area contributed by atoms with Crippen LogP contribution in [0.3, 0.4) is 0 Å². The molecule has 0 unspecified atom stereocenters. The molecule has 0 aliphatic heterocycles. The molecule has 0 saturated heterocycles. The Balaban J connectivity index is 1.53. The van der Waals surface area contributed by atoms with Crippen molar-refractivity contribution in [3.05, 3.63) is 125 Å². The minimum Gasteiger partial charge on any atom is -0.489 e. The zero-order valence-electron chi connectivity index (χ0n) is 18.8. The van der Waals surface area contributed by atoms with Crippen molar-refractivity contribution < 1.29 is 14.1 Å². The summed E-state index contributed by atoms with van der Waals surface area (Å²) in [6, 6.07) is 33.4. The molecule has 0 aliphatic carbocycles. The van der Waals surface area contributed by atoms with Crippen LogP contribution in [0.25, 0.3) is 0 Å². The SMILES string of the molecule is CN(CP(=O)(c1ccccc1)c1ccccc1)C(=O)c1ccc(OCc2ccccc2)cc1Cl. The second-order valence-corrected chi connectivity index (χ2v) is 11.2. The molecule has 0 heterocycles. The third-order valence-electron chi connectivity index (χ3n) is 5.52. The maximum Gasteiger partial charge on any atom is 0.255 e. The van der Waals surface area contributed by atoms with E-state index in [1.807, 2.05) is 91.0 Å². The van der Waals surface area contributed by atoms with E-state index in [0.29, 0.717) is 28.5 Å². The zero-order valence-corrected chi connectivity index (χ0v) is 20.5. The van der Waals surface area contributed by atoms with Gasteiger partial charge < -0.3 is 14.2 Å². The Labute approximate surface area is 205 Å². The van der Waals surface area contributed by atoms with Crippen molar-refractivity contribution in [3.63, 3.8) is 0 Å². The highest BCUT2D eigenvalue weighted by Gasteiger charge is 2.31. The van der Waals surface area contributed by atoms with E-state index in [9.17, 15) is 9.36 Å². The first-order chi connectivity index (χ1) is 16.5. The predicted molar refractivity (Wildman–Crippen MR) is 139 cm³/mol. The molecule has 4 aromatic carbocycles. The quantitative estimate of drug-likeness (QED) is 0.287. The highest BCUT2D eigenvalue weighted by Crippen LogP contribution is 2.44. The number of rotatable bonds is 8. The third kappa shape index (κ3) is 5.41. The van der Waals surface area contributed by atoms with E-state index in [2.05, 4.69) is 0 Å². The molecule has 0 bridgehead atoms. The molecule has 34 heavy (non-hydrogen) atoms. The van der Waals surface area contributed by atoms with Crippen molar-refractivity contribution in [2.45, 2.75) is 6.61 Å². The molecule has 4 aromatic rings. The van der Waals surface area contributed by atoms with Gasteiger partial charge in [0.15, 0.2) is 7.14 Å². The van der Waals surface area contributed by atoms with E-state index < -0.39 is 7.14 Å². The lowest BCUT2D eigenvalue weighted by molar-refractivity contribution is 0.0817. The molecule has 0 fully saturated rings. The average molecular weight is 490 g/mol. The zero-order chi connectivity index (χ0) is 24.0. The molecule has 0 aromatic heterocycles. The normalized spacial score (nSPS) is 11.1. The number of benzene rings is 4. The smallest absolute Gasteiger partial charge is 0.255 e. The third-order valence-corrected chi connectivity index (χ3v) is 8.92. The molecular weight excluding hydrogens is 465 g/mol. The average Bonchev–Trinajstić information content (AvgIpc) is 2.88. The van der Waals surface area contributed by atoms with Crippen LogP contribution in [0.2, 0.25) is 5.02 Å². The monoisotopic (exact) mass is 489 g/mol. The molecule has 4 nitrogen and oxygen atoms in total. The van der Waals surface area contributed by atoms with Crippen LogP contribution in [0.1, 0.15) is 15.9 Å². The second-order valence-electron chi connectivity index (χ2n) is 7.97. The first-order valence-corrected chi connectivity index (χ1v) is 13.2. The fraction of sp³-hybridized carbons (Fsp3) is 0.107. The van der Waals surface area contributed by atoms with Crippen molar-refractivity contribution >= 4 is 35.3 Å². The van der Waals surface area contributed by atoms with Gasteiger partial charge in [0.1, 0.15) is 12.4 Å². The lowest BCUT2D eigenvalue weighted by Gasteiger charge is -2.26. The fourth-order valence-corrected chi connectivity index (χ4v) is 6.63. The minimum absolute atomic E-state index is 0.0580. The van der Waals surface area contributed by atoms with E-state index in [0.717, 1.165) is 5.56 Å². The molecule has 6 heteroatoms. The van der Waals surface area contributed by atoms with Crippen LogP contribution < -0.4 is 15.3 Å². The van der Waals surface area contributed by atoms with E-state index in [1.165, 1.54) is 4.90 Å². The van der Waals surface area contributed by atoms with Crippen molar-refractivity contribution in [2.24, 2.45) is 0 Å². The summed E-state index contributed by atoms with van der Waals surface area (Å²) in [5, 5.41) is 1.70. The van der Waals surface area contributed by atoms with E-state index in [4.69, 9.17) is 16.3 Å². The number of hydrogen-bond donors (Lipinski definition) is 0. The molecule has 0 spiro atoms. The highest BCUT2D eigenvalue weighted by molar-refractivity contribution is 7.78. The summed E-state index contributed by atoms with van der Waals surface area (Å²) in [6.07, 6.45) is 0.0580. The Morgan fingerprint density at radius 2 is 1.35 bits per heavy atom. The lowest BCUT2D eigenvalue weighted by Crippen LogP contribution is -2.33. The van der Waals surface area contributed by atoms with Crippen molar-refractivity contribution in [1.29, 1.82) is 0 Å². The number of halogens is 1. The van der Waals surface area contributed by atoms with E-state index in [-0.39, 0.29) is 17.2 Å². The summed E-state index contributed by atoms with van der Waals surface area (Å²) in [5.41, 5.74) is 1.37. The number of carbonyl (C=O) groups is 1. The predicted octanol–water partition coefficient (Wildman–Crippen LogP) is 5.96. The second kappa shape index (κ2) is 10.7. The van der Waals surface area contributed by atoms with E-state index >= 15 is 0 Å². The first kappa shape index (κ1) is 23.8. The first-order valence-electron chi connectivity index (χ1n) is 10.9. The number of carbonyl (C=O) groups excluding carboxylic acids is 1. The molecule has 1 amide bonds. The van der Waals surface area contributed by atoms with Crippen LogP contribution in [0.5, 0.6) is 5.75 Å². The summed E-state index contributed by atoms with van der Waals surface area (Å²) in [4.78, 5) is 14.8. The van der Waals surface area contributed by atoms with Crippen LogP contribution in [0, 0.1) is 0 Å². The van der Waals surface area contributed by atoms with Gasteiger partial charge in [-0.1, -0.05) is 103 Å². The van der Waals surface area contributed by atoms with Crippen LogP contribution in [-0.4, -0.2) is 24.1 Å². The van der Waals surface area contributed by atoms with Crippen LogP contribution in [-0.2, 0) is 11.2 Å². The lowest BCUT2D eigenvalue weighted by atomic mass is 10.2. The van der Waals surface area contributed by atoms with Gasteiger partial charge in [0.05, 0.1) is 16.9 Å². The van der Waals surface area contributed by atoms with Crippen molar-refractivity contribution in [2.75, 3.05) is 13.3 Å². The summed E-state index contributed by atoms with van der Waals surface area (Å²) < 4.78 is 20.1.